The Morgan fingerprint density at radius 1 is 1.41 bits per heavy atom. The van der Waals surface area contributed by atoms with Crippen LogP contribution in [0.25, 0.3) is 5.82 Å². The van der Waals surface area contributed by atoms with Crippen LogP contribution in [0, 0.1) is 12.7 Å². The van der Waals surface area contributed by atoms with Crippen LogP contribution in [-0.2, 0) is 0 Å². The maximum Gasteiger partial charge on any atom is 0.257 e. The molecule has 2 aliphatic rings. The van der Waals surface area contributed by atoms with Gasteiger partial charge in [-0.15, -0.1) is 0 Å². The second-order valence-corrected chi connectivity index (χ2v) is 7.07. The Morgan fingerprint density at radius 3 is 3.00 bits per heavy atom. The Kier molecular flexibility index (Phi) is 4.65. The molecule has 4 rings (SSSR count). The molecule has 2 unspecified atom stereocenters. The molecule has 0 radical (unpaired) electrons. The molecule has 1 saturated heterocycles. The van der Waals surface area contributed by atoms with Crippen LogP contribution >= 0.6 is 0 Å². The number of likely N-dealkylation sites (tertiary alicyclic amines) is 1. The lowest BCUT2D eigenvalue weighted by Gasteiger charge is -2.34. The van der Waals surface area contributed by atoms with Gasteiger partial charge in [-0.25, -0.2) is 14.1 Å². The van der Waals surface area contributed by atoms with Gasteiger partial charge in [0.05, 0.1) is 18.0 Å². The third kappa shape index (κ3) is 3.32. The first-order valence-corrected chi connectivity index (χ1v) is 9.20. The average molecular weight is 370 g/mol. The Morgan fingerprint density at radius 2 is 2.26 bits per heavy atom. The van der Waals surface area contributed by atoms with Crippen molar-refractivity contribution in [3.63, 3.8) is 0 Å². The van der Waals surface area contributed by atoms with E-state index in [0.717, 1.165) is 37.7 Å². The standard InChI is InChI=1S/C19H23FN6O/c1-3-6-25-7-4-5-13(11-25)23-17-15-14(20)9-21-18(16(15)19(27)24-17)26-10-12(2)8-22-26/h3,6,8-10,13,17,23H,4-5,7,11H2,1-2H3,(H,24,27). The lowest BCUT2D eigenvalue weighted by molar-refractivity contribution is 0.0945. The predicted octanol–water partition coefficient (Wildman–Crippen LogP) is 2.04. The van der Waals surface area contributed by atoms with E-state index < -0.39 is 12.0 Å². The number of hydrogen-bond donors (Lipinski definition) is 2. The van der Waals surface area contributed by atoms with Gasteiger partial charge in [0.2, 0.25) is 0 Å². The van der Waals surface area contributed by atoms with Crippen molar-refractivity contribution in [2.45, 2.75) is 38.9 Å². The number of piperidine rings is 1. The largest absolute Gasteiger partial charge is 0.376 e. The van der Waals surface area contributed by atoms with Crippen molar-refractivity contribution < 1.29 is 9.18 Å². The van der Waals surface area contributed by atoms with Gasteiger partial charge in [-0.1, -0.05) is 6.08 Å². The van der Waals surface area contributed by atoms with Crippen LogP contribution in [0.3, 0.4) is 0 Å². The summed E-state index contributed by atoms with van der Waals surface area (Å²) in [6, 6.07) is 0.161. The first-order chi connectivity index (χ1) is 13.1. The number of fused-ring (bicyclic) bond motifs is 1. The van der Waals surface area contributed by atoms with E-state index in [9.17, 15) is 9.18 Å². The summed E-state index contributed by atoms with van der Waals surface area (Å²) >= 11 is 0. The average Bonchev–Trinajstić information content (AvgIpc) is 3.21. The molecule has 0 aromatic carbocycles. The summed E-state index contributed by atoms with van der Waals surface area (Å²) in [5.41, 5.74) is 1.51. The summed E-state index contributed by atoms with van der Waals surface area (Å²) in [6.07, 6.45) is 10.1. The Hall–Kier alpha value is -2.74. The number of halogens is 1. The molecule has 4 heterocycles. The molecule has 0 saturated carbocycles. The zero-order valence-corrected chi connectivity index (χ0v) is 15.4. The summed E-state index contributed by atoms with van der Waals surface area (Å²) < 4.78 is 16.1. The molecule has 0 bridgehead atoms. The number of hydrogen-bond acceptors (Lipinski definition) is 5. The number of aromatic nitrogens is 3. The molecular formula is C19H23FN6O. The molecule has 2 N–H and O–H groups in total. The summed E-state index contributed by atoms with van der Waals surface area (Å²) in [6.45, 7) is 5.73. The van der Waals surface area contributed by atoms with E-state index in [2.05, 4.69) is 31.8 Å². The number of amides is 1. The molecular weight excluding hydrogens is 347 g/mol. The van der Waals surface area contributed by atoms with Gasteiger partial charge in [0.25, 0.3) is 5.91 Å². The van der Waals surface area contributed by atoms with Gasteiger partial charge in [-0.3, -0.25) is 10.1 Å². The van der Waals surface area contributed by atoms with Crippen molar-refractivity contribution in [2.75, 3.05) is 13.1 Å². The second-order valence-electron chi connectivity index (χ2n) is 7.07. The summed E-state index contributed by atoms with van der Waals surface area (Å²) in [5, 5.41) is 10.5. The van der Waals surface area contributed by atoms with E-state index in [1.165, 1.54) is 4.68 Å². The summed E-state index contributed by atoms with van der Waals surface area (Å²) in [5.74, 6) is -0.478. The third-order valence-corrected chi connectivity index (χ3v) is 4.99. The highest BCUT2D eigenvalue weighted by molar-refractivity contribution is 6.01. The maximum absolute atomic E-state index is 14.6. The lowest BCUT2D eigenvalue weighted by Crippen LogP contribution is -2.47. The fraction of sp³-hybridized carbons (Fsp3) is 0.421. The minimum absolute atomic E-state index is 0.161. The van der Waals surface area contributed by atoms with Crippen molar-refractivity contribution in [1.29, 1.82) is 0 Å². The van der Waals surface area contributed by atoms with Crippen molar-refractivity contribution in [3.8, 4) is 5.82 Å². The van der Waals surface area contributed by atoms with Gasteiger partial charge in [-0.2, -0.15) is 5.10 Å². The molecule has 142 valence electrons. The number of nitrogens with one attached hydrogen (secondary N) is 2. The molecule has 2 aromatic heterocycles. The van der Waals surface area contributed by atoms with Crippen LogP contribution in [0.2, 0.25) is 0 Å². The Bertz CT molecular complexity index is 892. The van der Waals surface area contributed by atoms with Gasteiger partial charge >= 0.3 is 0 Å². The first-order valence-electron chi connectivity index (χ1n) is 9.20. The predicted molar refractivity (Wildman–Crippen MR) is 98.8 cm³/mol. The molecule has 1 fully saturated rings. The van der Waals surface area contributed by atoms with E-state index in [-0.39, 0.29) is 17.5 Å². The summed E-state index contributed by atoms with van der Waals surface area (Å²) in [4.78, 5) is 19.0. The van der Waals surface area contributed by atoms with E-state index in [4.69, 9.17) is 0 Å². The minimum Gasteiger partial charge on any atom is -0.376 e. The van der Waals surface area contributed by atoms with Crippen molar-refractivity contribution >= 4 is 5.91 Å². The molecule has 2 aromatic rings. The minimum atomic E-state index is -0.568. The normalized spacial score (nSPS) is 22.3. The number of nitrogens with zero attached hydrogens (tertiary/aromatic N) is 4. The van der Waals surface area contributed by atoms with Gasteiger partial charge in [0.1, 0.15) is 12.0 Å². The zero-order chi connectivity index (χ0) is 19.0. The first kappa shape index (κ1) is 17.7. The Balaban J connectivity index is 1.63. The van der Waals surface area contributed by atoms with Gasteiger partial charge < -0.3 is 10.2 Å². The highest BCUT2D eigenvalue weighted by atomic mass is 19.1. The fourth-order valence-electron chi connectivity index (χ4n) is 3.83. The van der Waals surface area contributed by atoms with E-state index >= 15 is 0 Å². The smallest absolute Gasteiger partial charge is 0.257 e. The van der Waals surface area contributed by atoms with E-state index in [1.54, 1.807) is 12.4 Å². The highest BCUT2D eigenvalue weighted by Gasteiger charge is 2.37. The molecule has 8 heteroatoms. The number of allylic oxidation sites excluding steroid dienone is 1. The van der Waals surface area contributed by atoms with Gasteiger partial charge in [0, 0.05) is 30.9 Å². The second kappa shape index (κ2) is 7.11. The molecule has 0 spiro atoms. The van der Waals surface area contributed by atoms with Crippen LogP contribution in [0.4, 0.5) is 4.39 Å². The lowest BCUT2D eigenvalue weighted by atomic mass is 10.0. The SMILES string of the molecule is CC=CN1CCCC(NC2NC(=O)c3c(-n4cc(C)cn4)ncc(F)c32)C1. The number of aryl methyl sites for hydroxylation is 1. The molecule has 0 aliphatic carbocycles. The number of carbonyl (C=O) groups is 1. The third-order valence-electron chi connectivity index (χ3n) is 4.99. The number of carbonyl (C=O) groups excluding carboxylic acids is 1. The van der Waals surface area contributed by atoms with E-state index in [0.29, 0.717) is 11.4 Å². The number of rotatable bonds is 4. The van der Waals surface area contributed by atoms with Crippen molar-refractivity contribution in [1.82, 2.24) is 30.3 Å². The maximum atomic E-state index is 14.6. The van der Waals surface area contributed by atoms with Crippen molar-refractivity contribution in [3.05, 3.63) is 53.4 Å². The van der Waals surface area contributed by atoms with Crippen LogP contribution < -0.4 is 10.6 Å². The monoisotopic (exact) mass is 370 g/mol. The van der Waals surface area contributed by atoms with Crippen LogP contribution in [0.1, 0.15) is 47.4 Å². The summed E-state index contributed by atoms with van der Waals surface area (Å²) in [7, 11) is 0. The molecule has 1 amide bonds. The Labute approximate surface area is 157 Å². The quantitative estimate of drug-likeness (QED) is 0.862. The van der Waals surface area contributed by atoms with Crippen LogP contribution in [0.15, 0.2) is 30.9 Å². The van der Waals surface area contributed by atoms with Crippen molar-refractivity contribution in [2.24, 2.45) is 0 Å². The van der Waals surface area contributed by atoms with Crippen LogP contribution in [0.5, 0.6) is 0 Å². The fourth-order valence-corrected chi connectivity index (χ4v) is 3.83. The molecule has 2 atom stereocenters. The van der Waals surface area contributed by atoms with E-state index in [1.807, 2.05) is 19.9 Å². The molecule has 2 aliphatic heterocycles. The van der Waals surface area contributed by atoms with Gasteiger partial charge in [0.15, 0.2) is 5.82 Å². The topological polar surface area (TPSA) is 75.1 Å². The number of pyridine rings is 1. The highest BCUT2D eigenvalue weighted by Crippen LogP contribution is 2.30. The molecule has 27 heavy (non-hydrogen) atoms. The van der Waals surface area contributed by atoms with Crippen LogP contribution in [-0.4, -0.2) is 44.7 Å². The molecule has 7 nitrogen and oxygen atoms in total. The zero-order valence-electron chi connectivity index (χ0n) is 15.4. The van der Waals surface area contributed by atoms with Gasteiger partial charge in [-0.05, 0) is 38.5 Å².